The zero-order valence-corrected chi connectivity index (χ0v) is 21.9. The molecule has 11 nitrogen and oxygen atoms in total. The van der Waals surface area contributed by atoms with Gasteiger partial charge < -0.3 is 33.2 Å². The van der Waals surface area contributed by atoms with Gasteiger partial charge in [0.05, 0.1) is 6.61 Å². The van der Waals surface area contributed by atoms with Crippen LogP contribution in [0.2, 0.25) is 0 Å². The van der Waals surface area contributed by atoms with Crippen LogP contribution in [-0.2, 0) is 42.9 Å². The van der Waals surface area contributed by atoms with Crippen LogP contribution in [0.1, 0.15) is 60.3 Å². The van der Waals surface area contributed by atoms with Gasteiger partial charge in [0.25, 0.3) is 0 Å². The van der Waals surface area contributed by atoms with E-state index >= 15 is 0 Å². The molecule has 0 N–H and O–H groups in total. The van der Waals surface area contributed by atoms with Gasteiger partial charge in [-0.3, -0.25) is 19.2 Å². The minimum atomic E-state index is -1.30. The van der Waals surface area contributed by atoms with Crippen LogP contribution in [0.15, 0.2) is 24.3 Å². The number of hydrogen-bond acceptors (Lipinski definition) is 11. The monoisotopic (exact) mass is 524 g/mol. The largest absolute Gasteiger partial charge is 0.494 e. The predicted octanol–water partition coefficient (Wildman–Crippen LogP) is 3.11. The molecule has 1 aromatic rings. The molecule has 1 saturated heterocycles. The number of carbonyl (C=O) groups is 4. The summed E-state index contributed by atoms with van der Waals surface area (Å²) in [6.45, 7) is 7.10. The summed E-state index contributed by atoms with van der Waals surface area (Å²) in [5.41, 5.74) is 0. The molecular formula is C26H36O11. The van der Waals surface area contributed by atoms with Crippen LogP contribution >= 0.6 is 0 Å². The summed E-state index contributed by atoms with van der Waals surface area (Å²) in [4.78, 5) is 47.1. The van der Waals surface area contributed by atoms with E-state index in [-0.39, 0.29) is 6.61 Å². The Hall–Kier alpha value is -3.34. The van der Waals surface area contributed by atoms with Crippen LogP contribution in [0.25, 0.3) is 0 Å². The first-order chi connectivity index (χ1) is 17.6. The van der Waals surface area contributed by atoms with Gasteiger partial charge in [0.15, 0.2) is 12.2 Å². The summed E-state index contributed by atoms with van der Waals surface area (Å²) in [5, 5.41) is 0. The van der Waals surface area contributed by atoms with Crippen LogP contribution in [0.5, 0.6) is 11.5 Å². The maximum atomic E-state index is 11.9. The molecule has 1 aliphatic heterocycles. The average molecular weight is 525 g/mol. The molecule has 5 atom stereocenters. The highest BCUT2D eigenvalue weighted by Crippen LogP contribution is 2.31. The predicted molar refractivity (Wildman–Crippen MR) is 129 cm³/mol. The molecule has 0 aliphatic carbocycles. The Morgan fingerprint density at radius 3 is 1.86 bits per heavy atom. The third-order valence-electron chi connectivity index (χ3n) is 5.29. The smallest absolute Gasteiger partial charge is 0.303 e. The van der Waals surface area contributed by atoms with Crippen LogP contribution in [0, 0.1) is 0 Å². The fraction of sp³-hybridized carbons (Fsp3) is 0.615. The molecule has 0 amide bonds. The Labute approximate surface area is 216 Å². The molecule has 0 unspecified atom stereocenters. The molecule has 2 rings (SSSR count). The fourth-order valence-electron chi connectivity index (χ4n) is 3.75. The van der Waals surface area contributed by atoms with Gasteiger partial charge in [-0.15, -0.1) is 0 Å². The molecule has 1 heterocycles. The Bertz CT molecular complexity index is 898. The van der Waals surface area contributed by atoms with E-state index in [0.29, 0.717) is 18.1 Å². The second-order valence-corrected chi connectivity index (χ2v) is 8.57. The first-order valence-corrected chi connectivity index (χ1v) is 12.3. The van der Waals surface area contributed by atoms with E-state index in [1.165, 1.54) is 13.8 Å². The number of esters is 4. The lowest BCUT2D eigenvalue weighted by Gasteiger charge is -2.43. The molecule has 0 aromatic heterocycles. The van der Waals surface area contributed by atoms with Gasteiger partial charge in [-0.1, -0.05) is 26.2 Å². The molecule has 1 aromatic carbocycles. The number of ether oxygens (including phenoxy) is 7. The summed E-state index contributed by atoms with van der Waals surface area (Å²) in [5.74, 6) is -1.72. The van der Waals surface area contributed by atoms with E-state index in [4.69, 9.17) is 33.2 Å². The van der Waals surface area contributed by atoms with Crippen LogP contribution < -0.4 is 9.47 Å². The molecule has 0 radical (unpaired) electrons. The Kier molecular flexibility index (Phi) is 12.1. The van der Waals surface area contributed by atoms with E-state index in [0.717, 1.165) is 39.5 Å². The van der Waals surface area contributed by atoms with E-state index in [1.807, 2.05) is 0 Å². The number of hydrogen-bond donors (Lipinski definition) is 0. The summed E-state index contributed by atoms with van der Waals surface area (Å²) in [6.07, 6.45) is -1.85. The number of carbonyl (C=O) groups excluding carboxylic acids is 4. The lowest BCUT2D eigenvalue weighted by atomic mass is 9.98. The molecule has 0 bridgehead atoms. The van der Waals surface area contributed by atoms with Crippen molar-refractivity contribution in [2.75, 3.05) is 13.2 Å². The van der Waals surface area contributed by atoms with Crippen molar-refractivity contribution in [3.63, 3.8) is 0 Å². The second-order valence-electron chi connectivity index (χ2n) is 8.57. The number of benzene rings is 1. The Morgan fingerprint density at radius 1 is 0.730 bits per heavy atom. The summed E-state index contributed by atoms with van der Waals surface area (Å²) in [7, 11) is 0. The van der Waals surface area contributed by atoms with E-state index in [2.05, 4.69) is 6.92 Å². The number of unbranched alkanes of at least 4 members (excludes halogenated alkanes) is 3. The van der Waals surface area contributed by atoms with Crippen molar-refractivity contribution in [3.05, 3.63) is 24.3 Å². The third kappa shape index (κ3) is 10.3. The topological polar surface area (TPSA) is 133 Å². The highest BCUT2D eigenvalue weighted by Gasteiger charge is 2.53. The summed E-state index contributed by atoms with van der Waals surface area (Å²) >= 11 is 0. The van der Waals surface area contributed by atoms with Crippen molar-refractivity contribution in [2.24, 2.45) is 0 Å². The maximum absolute atomic E-state index is 11.9. The number of rotatable bonds is 13. The van der Waals surface area contributed by atoms with E-state index < -0.39 is 54.6 Å². The van der Waals surface area contributed by atoms with Crippen molar-refractivity contribution in [2.45, 2.75) is 91.0 Å². The molecule has 206 valence electrons. The highest BCUT2D eigenvalue weighted by molar-refractivity contribution is 5.68. The van der Waals surface area contributed by atoms with Crippen molar-refractivity contribution in [3.8, 4) is 11.5 Å². The normalized spacial score (nSPS) is 22.9. The Balaban J connectivity index is 2.26. The second kappa shape index (κ2) is 15.0. The molecule has 0 spiro atoms. The van der Waals surface area contributed by atoms with E-state index in [9.17, 15) is 19.2 Å². The van der Waals surface area contributed by atoms with Crippen LogP contribution in [-0.4, -0.2) is 67.8 Å². The summed E-state index contributed by atoms with van der Waals surface area (Å²) < 4.78 is 38.8. The molecule has 1 fully saturated rings. The van der Waals surface area contributed by atoms with Gasteiger partial charge >= 0.3 is 23.9 Å². The van der Waals surface area contributed by atoms with Crippen molar-refractivity contribution >= 4 is 23.9 Å². The molecule has 0 saturated carbocycles. The van der Waals surface area contributed by atoms with E-state index in [1.54, 1.807) is 24.3 Å². The fourth-order valence-corrected chi connectivity index (χ4v) is 3.75. The zero-order valence-electron chi connectivity index (χ0n) is 21.9. The minimum Gasteiger partial charge on any atom is -0.494 e. The Morgan fingerprint density at radius 2 is 1.30 bits per heavy atom. The molecule has 1 aliphatic rings. The molecular weight excluding hydrogens is 488 g/mol. The molecule has 11 heteroatoms. The first-order valence-electron chi connectivity index (χ1n) is 12.3. The quantitative estimate of drug-likeness (QED) is 0.214. The van der Waals surface area contributed by atoms with Gasteiger partial charge in [0.2, 0.25) is 12.4 Å². The van der Waals surface area contributed by atoms with Crippen molar-refractivity contribution < 1.29 is 52.3 Å². The summed E-state index contributed by atoms with van der Waals surface area (Å²) in [6, 6.07) is 6.74. The lowest BCUT2D eigenvalue weighted by molar-refractivity contribution is -0.288. The first kappa shape index (κ1) is 29.9. The minimum absolute atomic E-state index is 0.331. The SMILES string of the molecule is CCCCCCOc1ccc(O[C@@H]2O[C@H](COC(C)=O)[C@@H](OC(C)=O)[C@@H](OC(C)=O)[C@@H]2OC(C)=O)cc1. The van der Waals surface area contributed by atoms with Gasteiger partial charge in [-0.25, -0.2) is 0 Å². The van der Waals surface area contributed by atoms with Gasteiger partial charge in [0.1, 0.15) is 24.2 Å². The van der Waals surface area contributed by atoms with Gasteiger partial charge in [0, 0.05) is 27.7 Å². The standard InChI is InChI=1S/C26H36O11/c1-6-7-8-9-14-31-20-10-12-21(13-11-20)36-26-25(35-19(5)30)24(34-18(4)29)23(33-17(3)28)22(37-26)15-32-16(2)27/h10-13,22-26H,6-9,14-15H2,1-5H3/t22-,23-,24-,25+,26-/m1/s1. The van der Waals surface area contributed by atoms with Crippen molar-refractivity contribution in [1.29, 1.82) is 0 Å². The molecule has 37 heavy (non-hydrogen) atoms. The van der Waals surface area contributed by atoms with Gasteiger partial charge in [-0.05, 0) is 30.7 Å². The van der Waals surface area contributed by atoms with Gasteiger partial charge in [-0.2, -0.15) is 0 Å². The highest BCUT2D eigenvalue weighted by atomic mass is 16.7. The van der Waals surface area contributed by atoms with Crippen LogP contribution in [0.3, 0.4) is 0 Å². The average Bonchev–Trinajstić information content (AvgIpc) is 2.81. The van der Waals surface area contributed by atoms with Crippen molar-refractivity contribution in [1.82, 2.24) is 0 Å². The maximum Gasteiger partial charge on any atom is 0.303 e. The lowest BCUT2D eigenvalue weighted by Crippen LogP contribution is -2.63. The van der Waals surface area contributed by atoms with Crippen LogP contribution in [0.4, 0.5) is 0 Å². The third-order valence-corrected chi connectivity index (χ3v) is 5.29. The zero-order chi connectivity index (χ0) is 27.4.